The van der Waals surface area contributed by atoms with Gasteiger partial charge in [-0.05, 0) is 13.8 Å². The topological polar surface area (TPSA) is 64.7 Å². The zero-order valence-electron chi connectivity index (χ0n) is 6.05. The number of ether oxygens (including phenoxy) is 1. The summed E-state index contributed by atoms with van der Waals surface area (Å²) in [5, 5.41) is 0. The summed E-state index contributed by atoms with van der Waals surface area (Å²) in [4.78, 5) is 14.4. The molecule has 1 rings (SSSR count). The molecule has 0 atom stereocenters. The molecule has 0 aromatic heterocycles. The SMILES string of the molecule is CC1(C)COC(C(N)=O)=N1. The first-order chi connectivity index (χ1) is 4.51. The summed E-state index contributed by atoms with van der Waals surface area (Å²) >= 11 is 0. The van der Waals surface area contributed by atoms with Crippen molar-refractivity contribution >= 4 is 11.8 Å². The molecule has 2 N–H and O–H groups in total. The third-order valence-corrected chi connectivity index (χ3v) is 1.18. The molecule has 1 heterocycles. The van der Waals surface area contributed by atoms with E-state index in [1.54, 1.807) is 0 Å². The number of carbonyl (C=O) groups is 1. The second-order valence-electron chi connectivity index (χ2n) is 2.88. The van der Waals surface area contributed by atoms with Crippen molar-refractivity contribution in [2.24, 2.45) is 10.7 Å². The number of hydrogen-bond donors (Lipinski definition) is 1. The lowest BCUT2D eigenvalue weighted by molar-refractivity contribution is -0.113. The second kappa shape index (κ2) is 1.97. The number of aliphatic imine (C=N–C) groups is 1. The number of primary amides is 1. The van der Waals surface area contributed by atoms with Gasteiger partial charge in [0.25, 0.3) is 5.90 Å². The zero-order chi connectivity index (χ0) is 7.78. The number of hydrogen-bond acceptors (Lipinski definition) is 3. The van der Waals surface area contributed by atoms with Crippen LogP contribution < -0.4 is 5.73 Å². The third kappa shape index (κ3) is 1.26. The fourth-order valence-corrected chi connectivity index (χ4v) is 0.711. The highest BCUT2D eigenvalue weighted by Gasteiger charge is 2.28. The summed E-state index contributed by atoms with van der Waals surface area (Å²) in [6.45, 7) is 4.19. The van der Waals surface area contributed by atoms with E-state index in [1.807, 2.05) is 13.8 Å². The molecule has 4 heteroatoms. The molecule has 1 amide bonds. The lowest BCUT2D eigenvalue weighted by Crippen LogP contribution is -2.22. The van der Waals surface area contributed by atoms with Crippen LogP contribution >= 0.6 is 0 Å². The lowest BCUT2D eigenvalue weighted by Gasteiger charge is -2.07. The Kier molecular flexibility index (Phi) is 1.39. The van der Waals surface area contributed by atoms with Crippen LogP contribution in [0.1, 0.15) is 13.8 Å². The molecular weight excluding hydrogens is 132 g/mol. The van der Waals surface area contributed by atoms with Crippen molar-refractivity contribution in [2.75, 3.05) is 6.61 Å². The molecule has 56 valence electrons. The zero-order valence-corrected chi connectivity index (χ0v) is 6.05. The third-order valence-electron chi connectivity index (χ3n) is 1.18. The van der Waals surface area contributed by atoms with Crippen LogP contribution in [0.15, 0.2) is 4.99 Å². The first-order valence-corrected chi connectivity index (χ1v) is 3.04. The molecule has 0 bridgehead atoms. The maximum atomic E-state index is 10.5. The summed E-state index contributed by atoms with van der Waals surface area (Å²) in [6.07, 6.45) is 0. The van der Waals surface area contributed by atoms with E-state index in [-0.39, 0.29) is 11.4 Å². The monoisotopic (exact) mass is 142 g/mol. The van der Waals surface area contributed by atoms with Crippen LogP contribution in [0.2, 0.25) is 0 Å². The van der Waals surface area contributed by atoms with Gasteiger partial charge >= 0.3 is 5.91 Å². The van der Waals surface area contributed by atoms with E-state index in [4.69, 9.17) is 10.5 Å². The van der Waals surface area contributed by atoms with Crippen LogP contribution in [0.5, 0.6) is 0 Å². The second-order valence-corrected chi connectivity index (χ2v) is 2.88. The molecule has 1 aliphatic rings. The predicted molar refractivity (Wildman–Crippen MR) is 36.7 cm³/mol. The van der Waals surface area contributed by atoms with Gasteiger partial charge in [-0.15, -0.1) is 0 Å². The van der Waals surface area contributed by atoms with Crippen LogP contribution in [0.4, 0.5) is 0 Å². The average molecular weight is 142 g/mol. The average Bonchev–Trinajstić information content (AvgIpc) is 2.10. The van der Waals surface area contributed by atoms with Crippen LogP contribution in [0, 0.1) is 0 Å². The van der Waals surface area contributed by atoms with Crippen molar-refractivity contribution in [3.05, 3.63) is 0 Å². The van der Waals surface area contributed by atoms with Crippen molar-refractivity contribution in [1.82, 2.24) is 0 Å². The van der Waals surface area contributed by atoms with Gasteiger partial charge in [0.05, 0.1) is 5.54 Å². The van der Waals surface area contributed by atoms with Crippen molar-refractivity contribution < 1.29 is 9.53 Å². The summed E-state index contributed by atoms with van der Waals surface area (Å²) < 4.78 is 4.91. The van der Waals surface area contributed by atoms with Gasteiger partial charge in [-0.1, -0.05) is 0 Å². The van der Waals surface area contributed by atoms with Crippen LogP contribution in [-0.4, -0.2) is 24.0 Å². The van der Waals surface area contributed by atoms with Crippen LogP contribution in [0.3, 0.4) is 0 Å². The summed E-state index contributed by atoms with van der Waals surface area (Å²) in [5.41, 5.74) is 4.64. The van der Waals surface area contributed by atoms with Gasteiger partial charge in [0.2, 0.25) is 0 Å². The first-order valence-electron chi connectivity index (χ1n) is 3.04. The number of carbonyl (C=O) groups excluding carboxylic acids is 1. The van der Waals surface area contributed by atoms with Gasteiger partial charge < -0.3 is 10.5 Å². The molecule has 1 aliphatic heterocycles. The Morgan fingerprint density at radius 1 is 1.80 bits per heavy atom. The smallest absolute Gasteiger partial charge is 0.303 e. The van der Waals surface area contributed by atoms with E-state index < -0.39 is 5.91 Å². The molecule has 10 heavy (non-hydrogen) atoms. The van der Waals surface area contributed by atoms with E-state index in [1.165, 1.54) is 0 Å². The van der Waals surface area contributed by atoms with Crippen LogP contribution in [-0.2, 0) is 9.53 Å². The molecule has 0 aromatic rings. The van der Waals surface area contributed by atoms with Gasteiger partial charge in [-0.3, -0.25) is 4.79 Å². The minimum atomic E-state index is -0.592. The molecule has 0 aliphatic carbocycles. The quantitative estimate of drug-likeness (QED) is 0.545. The number of amides is 1. The Labute approximate surface area is 59.1 Å². The highest BCUT2D eigenvalue weighted by Crippen LogP contribution is 2.16. The Hall–Kier alpha value is -1.06. The maximum Gasteiger partial charge on any atom is 0.303 e. The minimum Gasteiger partial charge on any atom is -0.471 e. The highest BCUT2D eigenvalue weighted by atomic mass is 16.5. The standard InChI is InChI=1S/C6H10N2O2/c1-6(2)3-10-5(8-6)4(7)9/h3H2,1-2H3,(H2,7,9). The number of nitrogens with zero attached hydrogens (tertiary/aromatic N) is 1. The van der Waals surface area contributed by atoms with Crippen molar-refractivity contribution in [3.8, 4) is 0 Å². The molecule has 0 fully saturated rings. The van der Waals surface area contributed by atoms with Crippen molar-refractivity contribution in [1.29, 1.82) is 0 Å². The maximum absolute atomic E-state index is 10.5. The van der Waals surface area contributed by atoms with Gasteiger partial charge in [0, 0.05) is 0 Å². The predicted octanol–water partition coefficient (Wildman–Crippen LogP) is -0.321. The number of nitrogens with two attached hydrogens (primary N) is 1. The van der Waals surface area contributed by atoms with E-state index >= 15 is 0 Å². The highest BCUT2D eigenvalue weighted by molar-refractivity contribution is 6.35. The molecule has 0 saturated heterocycles. The Bertz CT molecular complexity index is 196. The van der Waals surface area contributed by atoms with Crippen LogP contribution in [0.25, 0.3) is 0 Å². The van der Waals surface area contributed by atoms with Gasteiger partial charge in [0.15, 0.2) is 0 Å². The van der Waals surface area contributed by atoms with E-state index in [9.17, 15) is 4.79 Å². The molecule has 0 spiro atoms. The van der Waals surface area contributed by atoms with E-state index in [0.29, 0.717) is 6.61 Å². The van der Waals surface area contributed by atoms with Gasteiger partial charge in [0.1, 0.15) is 6.61 Å². The van der Waals surface area contributed by atoms with Crippen molar-refractivity contribution in [3.63, 3.8) is 0 Å². The fraction of sp³-hybridized carbons (Fsp3) is 0.667. The summed E-state index contributed by atoms with van der Waals surface area (Å²) in [7, 11) is 0. The van der Waals surface area contributed by atoms with E-state index in [0.717, 1.165) is 0 Å². The van der Waals surface area contributed by atoms with Gasteiger partial charge in [-0.25, -0.2) is 4.99 Å². The molecule has 0 radical (unpaired) electrons. The molecule has 0 unspecified atom stereocenters. The summed E-state index contributed by atoms with van der Waals surface area (Å²) in [6, 6.07) is 0. The Balaban J connectivity index is 2.76. The van der Waals surface area contributed by atoms with Crippen molar-refractivity contribution in [2.45, 2.75) is 19.4 Å². The van der Waals surface area contributed by atoms with Gasteiger partial charge in [-0.2, -0.15) is 0 Å². The Morgan fingerprint density at radius 2 is 2.40 bits per heavy atom. The fourth-order valence-electron chi connectivity index (χ4n) is 0.711. The molecule has 4 nitrogen and oxygen atoms in total. The minimum absolute atomic E-state index is 0.0463. The largest absolute Gasteiger partial charge is 0.471 e. The molecule has 0 saturated carbocycles. The number of rotatable bonds is 1. The summed E-state index contributed by atoms with van der Waals surface area (Å²) in [5.74, 6) is -0.546. The lowest BCUT2D eigenvalue weighted by atomic mass is 10.1. The molecule has 0 aromatic carbocycles. The Morgan fingerprint density at radius 3 is 2.60 bits per heavy atom. The molecular formula is C6H10N2O2. The van der Waals surface area contributed by atoms with E-state index in [2.05, 4.69) is 4.99 Å². The first kappa shape index (κ1) is 7.05. The normalized spacial score (nSPS) is 21.6.